The maximum absolute atomic E-state index is 11.8. The molecule has 88 valence electrons. The molecule has 0 aromatic carbocycles. The molecule has 0 saturated carbocycles. The van der Waals surface area contributed by atoms with E-state index in [4.69, 9.17) is 4.74 Å². The third-order valence-corrected chi connectivity index (χ3v) is 2.88. The molecule has 4 heteroatoms. The van der Waals surface area contributed by atoms with Crippen molar-refractivity contribution in [2.45, 2.75) is 25.8 Å². The van der Waals surface area contributed by atoms with Gasteiger partial charge in [-0.05, 0) is 25.9 Å². The molecule has 1 aliphatic rings. The number of carbonyl (C=O) groups is 1. The summed E-state index contributed by atoms with van der Waals surface area (Å²) in [7, 11) is 3.49. The maximum atomic E-state index is 11.8. The van der Waals surface area contributed by atoms with Gasteiger partial charge >= 0.3 is 5.97 Å². The molecular weight excluding hydrogens is 192 g/mol. The highest BCUT2D eigenvalue weighted by Crippen LogP contribution is 2.21. The quantitative estimate of drug-likeness (QED) is 0.691. The van der Waals surface area contributed by atoms with Crippen LogP contribution >= 0.6 is 0 Å². The number of likely N-dealkylation sites (tertiary alicyclic amines) is 1. The Morgan fingerprint density at radius 1 is 1.60 bits per heavy atom. The summed E-state index contributed by atoms with van der Waals surface area (Å²) >= 11 is 0. The Kier molecular flexibility index (Phi) is 4.11. The number of esters is 1. The van der Waals surface area contributed by atoms with Gasteiger partial charge in [-0.25, -0.2) is 0 Å². The van der Waals surface area contributed by atoms with Crippen molar-refractivity contribution in [1.29, 1.82) is 0 Å². The first-order valence-electron chi connectivity index (χ1n) is 5.52. The minimum Gasteiger partial charge on any atom is -0.468 e. The van der Waals surface area contributed by atoms with Crippen molar-refractivity contribution < 1.29 is 9.53 Å². The molecule has 0 spiro atoms. The number of likely N-dealkylation sites (N-methyl/N-ethyl adjacent to an activating group) is 1. The second-order valence-electron chi connectivity index (χ2n) is 4.84. The molecule has 1 aliphatic heterocycles. The Bertz CT molecular complexity index is 231. The summed E-state index contributed by atoms with van der Waals surface area (Å²) in [5.74, 6) is 0.407. The monoisotopic (exact) mass is 214 g/mol. The Labute approximate surface area is 92.0 Å². The number of ether oxygens (including phenoxy) is 1. The van der Waals surface area contributed by atoms with Crippen molar-refractivity contribution in [3.8, 4) is 0 Å². The predicted molar refractivity (Wildman–Crippen MR) is 59.7 cm³/mol. The molecule has 1 heterocycles. The maximum Gasteiger partial charge on any atom is 0.327 e. The summed E-state index contributed by atoms with van der Waals surface area (Å²) in [5.41, 5.74) is -0.478. The molecule has 1 N–H and O–H groups in total. The van der Waals surface area contributed by atoms with Crippen molar-refractivity contribution in [1.82, 2.24) is 10.2 Å². The molecule has 1 fully saturated rings. The fraction of sp³-hybridized carbons (Fsp3) is 0.909. The molecule has 0 aliphatic carbocycles. The summed E-state index contributed by atoms with van der Waals surface area (Å²) in [5, 5.41) is 3.36. The number of nitrogens with zero attached hydrogens (tertiary/aromatic N) is 1. The van der Waals surface area contributed by atoms with Gasteiger partial charge in [0.15, 0.2) is 0 Å². The molecule has 1 atom stereocenters. The van der Waals surface area contributed by atoms with Crippen molar-refractivity contribution >= 4 is 5.97 Å². The normalized spacial score (nSPS) is 27.3. The topological polar surface area (TPSA) is 41.6 Å². The Hall–Kier alpha value is -0.610. The van der Waals surface area contributed by atoms with Crippen LogP contribution in [-0.2, 0) is 9.53 Å². The van der Waals surface area contributed by atoms with Gasteiger partial charge in [-0.3, -0.25) is 4.79 Å². The molecule has 0 bridgehead atoms. The summed E-state index contributed by atoms with van der Waals surface area (Å²) in [4.78, 5) is 13.9. The summed E-state index contributed by atoms with van der Waals surface area (Å²) < 4.78 is 4.89. The third kappa shape index (κ3) is 2.92. The zero-order chi connectivity index (χ0) is 11.5. The van der Waals surface area contributed by atoms with Crippen LogP contribution in [0.25, 0.3) is 0 Å². The van der Waals surface area contributed by atoms with Gasteiger partial charge in [-0.2, -0.15) is 0 Å². The second kappa shape index (κ2) is 4.94. The minimum absolute atomic E-state index is 0.132. The van der Waals surface area contributed by atoms with Gasteiger partial charge < -0.3 is 15.0 Å². The molecule has 4 nitrogen and oxygen atoms in total. The summed E-state index contributed by atoms with van der Waals surface area (Å²) in [6.07, 6.45) is 0.836. The first-order valence-corrected chi connectivity index (χ1v) is 5.52. The van der Waals surface area contributed by atoms with Crippen LogP contribution in [0.4, 0.5) is 0 Å². The van der Waals surface area contributed by atoms with Crippen molar-refractivity contribution in [3.05, 3.63) is 0 Å². The lowest BCUT2D eigenvalue weighted by Crippen LogP contribution is -2.55. The molecule has 1 saturated heterocycles. The SMILES string of the molecule is COC(=O)C1(NCC(C)C)CCN(C)C1. The lowest BCUT2D eigenvalue weighted by Gasteiger charge is -2.28. The van der Waals surface area contributed by atoms with E-state index in [2.05, 4.69) is 24.1 Å². The molecule has 0 aromatic heterocycles. The van der Waals surface area contributed by atoms with Crippen molar-refractivity contribution in [3.63, 3.8) is 0 Å². The first kappa shape index (κ1) is 12.5. The van der Waals surface area contributed by atoms with Gasteiger partial charge in [-0.15, -0.1) is 0 Å². The lowest BCUT2D eigenvalue weighted by atomic mass is 9.98. The minimum atomic E-state index is -0.478. The molecule has 15 heavy (non-hydrogen) atoms. The van der Waals surface area contributed by atoms with E-state index in [1.54, 1.807) is 0 Å². The van der Waals surface area contributed by atoms with Crippen LogP contribution in [0.2, 0.25) is 0 Å². The zero-order valence-corrected chi connectivity index (χ0v) is 10.2. The van der Waals surface area contributed by atoms with E-state index >= 15 is 0 Å². The molecule has 0 radical (unpaired) electrons. The number of hydrogen-bond acceptors (Lipinski definition) is 4. The smallest absolute Gasteiger partial charge is 0.327 e. The number of rotatable bonds is 4. The fourth-order valence-corrected chi connectivity index (χ4v) is 1.98. The Balaban J connectivity index is 2.65. The van der Waals surface area contributed by atoms with Gasteiger partial charge in [0.1, 0.15) is 5.54 Å². The van der Waals surface area contributed by atoms with Crippen LogP contribution in [0.1, 0.15) is 20.3 Å². The molecule has 0 amide bonds. The van der Waals surface area contributed by atoms with Gasteiger partial charge in [0, 0.05) is 13.1 Å². The number of carbonyl (C=O) groups excluding carboxylic acids is 1. The van der Waals surface area contributed by atoms with E-state index < -0.39 is 5.54 Å². The van der Waals surface area contributed by atoms with Gasteiger partial charge in [0.2, 0.25) is 0 Å². The highest BCUT2D eigenvalue weighted by atomic mass is 16.5. The van der Waals surface area contributed by atoms with Crippen LogP contribution < -0.4 is 5.32 Å². The lowest BCUT2D eigenvalue weighted by molar-refractivity contribution is -0.148. The standard InChI is InChI=1S/C11H22N2O2/c1-9(2)7-12-11(10(14)15-4)5-6-13(3)8-11/h9,12H,5-8H2,1-4H3. The average Bonchev–Trinajstić information content (AvgIpc) is 2.57. The molecule has 1 unspecified atom stereocenters. The Morgan fingerprint density at radius 2 is 2.27 bits per heavy atom. The van der Waals surface area contributed by atoms with E-state index in [0.717, 1.165) is 26.1 Å². The average molecular weight is 214 g/mol. The van der Waals surface area contributed by atoms with E-state index in [-0.39, 0.29) is 5.97 Å². The highest BCUT2D eigenvalue weighted by Gasteiger charge is 2.44. The van der Waals surface area contributed by atoms with Crippen LogP contribution in [0, 0.1) is 5.92 Å². The van der Waals surface area contributed by atoms with E-state index in [1.807, 2.05) is 7.05 Å². The van der Waals surface area contributed by atoms with E-state index in [9.17, 15) is 4.79 Å². The molecule has 0 aromatic rings. The van der Waals surface area contributed by atoms with Crippen molar-refractivity contribution in [2.75, 3.05) is 33.8 Å². The summed E-state index contributed by atoms with van der Waals surface area (Å²) in [6, 6.07) is 0. The van der Waals surface area contributed by atoms with Crippen LogP contribution in [0.5, 0.6) is 0 Å². The largest absolute Gasteiger partial charge is 0.468 e. The van der Waals surface area contributed by atoms with Crippen LogP contribution in [0.3, 0.4) is 0 Å². The Morgan fingerprint density at radius 3 is 2.67 bits per heavy atom. The molecular formula is C11H22N2O2. The van der Waals surface area contributed by atoms with E-state index in [0.29, 0.717) is 5.92 Å². The van der Waals surface area contributed by atoms with Gasteiger partial charge in [0.05, 0.1) is 7.11 Å². The molecule has 1 rings (SSSR count). The highest BCUT2D eigenvalue weighted by molar-refractivity contribution is 5.81. The second-order valence-corrected chi connectivity index (χ2v) is 4.84. The van der Waals surface area contributed by atoms with Crippen LogP contribution in [0.15, 0.2) is 0 Å². The third-order valence-electron chi connectivity index (χ3n) is 2.88. The zero-order valence-electron chi connectivity index (χ0n) is 10.2. The van der Waals surface area contributed by atoms with Gasteiger partial charge in [0.25, 0.3) is 0 Å². The summed E-state index contributed by atoms with van der Waals surface area (Å²) in [6.45, 7) is 6.81. The van der Waals surface area contributed by atoms with E-state index in [1.165, 1.54) is 7.11 Å². The fourth-order valence-electron chi connectivity index (χ4n) is 1.98. The number of hydrogen-bond donors (Lipinski definition) is 1. The first-order chi connectivity index (χ1) is 7.00. The van der Waals surface area contributed by atoms with Crippen molar-refractivity contribution in [2.24, 2.45) is 5.92 Å². The van der Waals surface area contributed by atoms with Crippen LogP contribution in [-0.4, -0.2) is 50.2 Å². The number of methoxy groups -OCH3 is 1. The predicted octanol–water partition coefficient (Wildman–Crippen LogP) is 0.479. The van der Waals surface area contributed by atoms with Gasteiger partial charge in [-0.1, -0.05) is 13.8 Å². The number of nitrogens with one attached hydrogen (secondary N) is 1.